The maximum Gasteiger partial charge on any atom is 0.209 e. The molecule has 1 aromatic heterocycles. The van der Waals surface area contributed by atoms with Crippen LogP contribution in [-0.4, -0.2) is 56.4 Å². The van der Waals surface area contributed by atoms with Crippen LogP contribution in [0, 0.1) is 5.92 Å². The van der Waals surface area contributed by atoms with Gasteiger partial charge in [0.2, 0.25) is 10.0 Å². The fourth-order valence-corrected chi connectivity index (χ4v) is 4.31. The Labute approximate surface area is 131 Å². The number of hydrogen-bond acceptors (Lipinski definition) is 5. The van der Waals surface area contributed by atoms with Crippen LogP contribution < -0.4 is 4.72 Å². The van der Waals surface area contributed by atoms with Crippen molar-refractivity contribution in [3.8, 4) is 0 Å². The summed E-state index contributed by atoms with van der Waals surface area (Å²) in [6.07, 6.45) is 6.98. The third-order valence-corrected chi connectivity index (χ3v) is 5.06. The summed E-state index contributed by atoms with van der Waals surface area (Å²) in [7, 11) is -3.24. The van der Waals surface area contributed by atoms with Gasteiger partial charge in [0.25, 0.3) is 0 Å². The summed E-state index contributed by atoms with van der Waals surface area (Å²) in [5, 5.41) is 0. The molecule has 1 aromatic rings. The number of hydrogen-bond donors (Lipinski definition) is 1. The molecular formula is C15H23N3O3S. The molecule has 122 valence electrons. The molecule has 0 saturated carbocycles. The maximum absolute atomic E-state index is 11.6. The van der Waals surface area contributed by atoms with E-state index in [2.05, 4.69) is 20.7 Å². The second kappa shape index (κ2) is 6.62. The van der Waals surface area contributed by atoms with Crippen molar-refractivity contribution in [2.24, 2.45) is 5.92 Å². The fraction of sp³-hybridized carbons (Fsp3) is 0.667. The molecular weight excluding hydrogens is 302 g/mol. The molecule has 1 N–H and O–H groups in total. The summed E-state index contributed by atoms with van der Waals surface area (Å²) in [6, 6.07) is 3.80. The molecule has 2 aliphatic rings. The van der Waals surface area contributed by atoms with Gasteiger partial charge in [-0.15, -0.1) is 0 Å². The zero-order valence-corrected chi connectivity index (χ0v) is 13.6. The number of ether oxygens (including phenoxy) is 1. The van der Waals surface area contributed by atoms with E-state index in [-0.39, 0.29) is 12.1 Å². The van der Waals surface area contributed by atoms with Crippen LogP contribution >= 0.6 is 0 Å². The van der Waals surface area contributed by atoms with Crippen LogP contribution in [0.5, 0.6) is 0 Å². The summed E-state index contributed by atoms with van der Waals surface area (Å²) >= 11 is 0. The predicted molar refractivity (Wildman–Crippen MR) is 83.7 cm³/mol. The van der Waals surface area contributed by atoms with E-state index in [1.165, 1.54) is 6.26 Å². The van der Waals surface area contributed by atoms with Gasteiger partial charge in [-0.2, -0.15) is 0 Å². The van der Waals surface area contributed by atoms with Crippen LogP contribution in [0.2, 0.25) is 0 Å². The lowest BCUT2D eigenvalue weighted by Crippen LogP contribution is -2.60. The Morgan fingerprint density at radius 3 is 3.05 bits per heavy atom. The van der Waals surface area contributed by atoms with Crippen LogP contribution in [0.15, 0.2) is 24.5 Å². The first-order chi connectivity index (χ1) is 10.5. The van der Waals surface area contributed by atoms with E-state index in [4.69, 9.17) is 4.74 Å². The zero-order valence-electron chi connectivity index (χ0n) is 12.8. The molecule has 2 aliphatic heterocycles. The van der Waals surface area contributed by atoms with Crippen LogP contribution in [-0.2, 0) is 21.3 Å². The van der Waals surface area contributed by atoms with E-state index in [1.54, 1.807) is 6.20 Å². The number of rotatable bonds is 4. The average Bonchev–Trinajstić information content (AvgIpc) is 2.47. The third kappa shape index (κ3) is 4.04. The summed E-state index contributed by atoms with van der Waals surface area (Å²) in [6.45, 7) is 3.13. The van der Waals surface area contributed by atoms with Crippen molar-refractivity contribution >= 4 is 10.0 Å². The minimum Gasteiger partial charge on any atom is -0.376 e. The Morgan fingerprint density at radius 2 is 2.32 bits per heavy atom. The highest BCUT2D eigenvalue weighted by Crippen LogP contribution is 2.29. The number of fused-ring (bicyclic) bond motifs is 1. The van der Waals surface area contributed by atoms with E-state index in [0.717, 1.165) is 38.1 Å². The summed E-state index contributed by atoms with van der Waals surface area (Å²) in [5.74, 6) is 0.387. The predicted octanol–water partition coefficient (Wildman–Crippen LogP) is 0.610. The van der Waals surface area contributed by atoms with Crippen molar-refractivity contribution in [2.45, 2.75) is 31.5 Å². The van der Waals surface area contributed by atoms with Crippen LogP contribution in [0.1, 0.15) is 18.4 Å². The number of likely N-dealkylation sites (tertiary alicyclic amines) is 1. The molecule has 2 fully saturated rings. The lowest BCUT2D eigenvalue weighted by molar-refractivity contribution is -0.0823. The minimum absolute atomic E-state index is 0.00590. The molecule has 0 aliphatic carbocycles. The first-order valence-corrected chi connectivity index (χ1v) is 9.60. The maximum atomic E-state index is 11.6. The van der Waals surface area contributed by atoms with Crippen molar-refractivity contribution in [1.29, 1.82) is 0 Å². The first kappa shape index (κ1) is 15.9. The molecule has 3 atom stereocenters. The number of aromatic nitrogens is 1. The van der Waals surface area contributed by atoms with E-state index in [9.17, 15) is 8.42 Å². The van der Waals surface area contributed by atoms with Gasteiger partial charge in [0, 0.05) is 38.6 Å². The smallest absolute Gasteiger partial charge is 0.209 e. The van der Waals surface area contributed by atoms with E-state index in [1.807, 2.05) is 12.3 Å². The highest BCUT2D eigenvalue weighted by atomic mass is 32.2. The molecule has 2 saturated heterocycles. The summed E-state index contributed by atoms with van der Waals surface area (Å²) < 4.78 is 31.9. The van der Waals surface area contributed by atoms with Gasteiger partial charge in [0.15, 0.2) is 0 Å². The van der Waals surface area contributed by atoms with Crippen molar-refractivity contribution in [2.75, 3.05) is 26.0 Å². The molecule has 0 aromatic carbocycles. The summed E-state index contributed by atoms with van der Waals surface area (Å²) in [5.41, 5.74) is 1.15. The van der Waals surface area contributed by atoms with Gasteiger partial charge in [-0.3, -0.25) is 9.88 Å². The van der Waals surface area contributed by atoms with E-state index in [0.29, 0.717) is 12.5 Å². The Morgan fingerprint density at radius 1 is 1.45 bits per heavy atom. The molecule has 0 bridgehead atoms. The van der Waals surface area contributed by atoms with Crippen LogP contribution in [0.3, 0.4) is 0 Å². The largest absolute Gasteiger partial charge is 0.376 e. The summed E-state index contributed by atoms with van der Waals surface area (Å²) in [4.78, 5) is 6.45. The average molecular weight is 325 g/mol. The van der Waals surface area contributed by atoms with Crippen molar-refractivity contribution < 1.29 is 13.2 Å². The Bertz CT molecular complexity index is 593. The lowest BCUT2D eigenvalue weighted by atomic mass is 9.85. The Hall–Kier alpha value is -1.02. The molecule has 0 radical (unpaired) electrons. The zero-order chi connectivity index (χ0) is 15.6. The van der Waals surface area contributed by atoms with Gasteiger partial charge in [0.05, 0.1) is 18.4 Å². The highest BCUT2D eigenvalue weighted by molar-refractivity contribution is 7.88. The number of sulfonamides is 1. The molecule has 0 amide bonds. The third-order valence-electron chi connectivity index (χ3n) is 4.33. The lowest BCUT2D eigenvalue weighted by Gasteiger charge is -2.45. The van der Waals surface area contributed by atoms with Gasteiger partial charge >= 0.3 is 0 Å². The van der Waals surface area contributed by atoms with Gasteiger partial charge in [0.1, 0.15) is 0 Å². The number of nitrogens with zero attached hydrogens (tertiary/aromatic N) is 2. The monoisotopic (exact) mass is 325 g/mol. The second-order valence-electron chi connectivity index (χ2n) is 6.29. The van der Waals surface area contributed by atoms with Gasteiger partial charge in [-0.25, -0.2) is 13.1 Å². The number of nitrogens with one attached hydrogen (secondary N) is 1. The van der Waals surface area contributed by atoms with E-state index >= 15 is 0 Å². The Kier molecular flexibility index (Phi) is 4.77. The molecule has 3 rings (SSSR count). The van der Waals surface area contributed by atoms with Crippen molar-refractivity contribution in [1.82, 2.24) is 14.6 Å². The molecule has 22 heavy (non-hydrogen) atoms. The SMILES string of the molecule is CS(=O)(=O)N[C@@H]1CN(Cc2cccnc2)C[C@@H]2CCCO[C@@H]21. The van der Waals surface area contributed by atoms with Crippen molar-refractivity contribution in [3.05, 3.63) is 30.1 Å². The normalized spacial score (nSPS) is 30.0. The van der Waals surface area contributed by atoms with Crippen molar-refractivity contribution in [3.63, 3.8) is 0 Å². The first-order valence-electron chi connectivity index (χ1n) is 7.71. The van der Waals surface area contributed by atoms with Gasteiger partial charge in [-0.1, -0.05) is 6.07 Å². The van der Waals surface area contributed by atoms with Gasteiger partial charge < -0.3 is 4.74 Å². The number of piperidine rings is 1. The second-order valence-corrected chi connectivity index (χ2v) is 8.07. The highest BCUT2D eigenvalue weighted by Gasteiger charge is 2.40. The molecule has 3 heterocycles. The van der Waals surface area contributed by atoms with Crippen LogP contribution in [0.25, 0.3) is 0 Å². The Balaban J connectivity index is 1.73. The quantitative estimate of drug-likeness (QED) is 0.878. The molecule has 6 nitrogen and oxygen atoms in total. The minimum atomic E-state index is -3.24. The van der Waals surface area contributed by atoms with Crippen LogP contribution in [0.4, 0.5) is 0 Å². The van der Waals surface area contributed by atoms with E-state index < -0.39 is 10.0 Å². The topological polar surface area (TPSA) is 71.5 Å². The fourth-order valence-electron chi connectivity index (χ4n) is 3.55. The molecule has 0 unspecified atom stereocenters. The van der Waals surface area contributed by atoms with Gasteiger partial charge in [-0.05, 0) is 30.4 Å². The molecule has 0 spiro atoms. The molecule has 7 heteroatoms. The standard InChI is InChI=1S/C15H23N3O3S/c1-22(19,20)17-14-11-18(9-12-4-2-6-16-8-12)10-13-5-3-7-21-15(13)14/h2,4,6,8,13-15,17H,3,5,7,9-11H2,1H3/t13-,14+,15-/m0/s1. The number of pyridine rings is 1.